The molecule has 0 atom stereocenters. The second-order valence-corrected chi connectivity index (χ2v) is 8.52. The van der Waals surface area contributed by atoms with E-state index in [9.17, 15) is 13.2 Å². The lowest BCUT2D eigenvalue weighted by Crippen LogP contribution is -2.37. The van der Waals surface area contributed by atoms with Gasteiger partial charge in [-0.25, -0.2) is 8.42 Å². The van der Waals surface area contributed by atoms with Crippen molar-refractivity contribution in [2.24, 2.45) is 0 Å². The molecule has 0 heterocycles. The molecule has 0 fully saturated rings. The molecule has 24 heavy (non-hydrogen) atoms. The van der Waals surface area contributed by atoms with E-state index in [1.165, 1.54) is 7.05 Å². The van der Waals surface area contributed by atoms with Crippen LogP contribution in [0.4, 0.5) is 0 Å². The van der Waals surface area contributed by atoms with Crippen LogP contribution >= 0.6 is 11.8 Å². The van der Waals surface area contributed by atoms with Gasteiger partial charge in [0, 0.05) is 23.4 Å². The number of benzene rings is 2. The molecule has 0 radical (unpaired) electrons. The van der Waals surface area contributed by atoms with E-state index in [-0.39, 0.29) is 12.5 Å². The van der Waals surface area contributed by atoms with Crippen LogP contribution in [0, 0.1) is 0 Å². The van der Waals surface area contributed by atoms with Gasteiger partial charge in [-0.1, -0.05) is 48.2 Å². The summed E-state index contributed by atoms with van der Waals surface area (Å²) in [6.45, 7) is 0.166. The van der Waals surface area contributed by atoms with Crippen molar-refractivity contribution in [3.8, 4) is 0 Å². The molecule has 0 unspecified atom stereocenters. The fraction of sp³-hybridized carbons (Fsp3) is 0.235. The lowest BCUT2D eigenvalue weighted by atomic mass is 10.2. The van der Waals surface area contributed by atoms with Gasteiger partial charge in [0.15, 0.2) is 0 Å². The van der Waals surface area contributed by atoms with Crippen LogP contribution in [0.2, 0.25) is 0 Å². The van der Waals surface area contributed by atoms with Gasteiger partial charge in [0.1, 0.15) is 0 Å². The Morgan fingerprint density at radius 2 is 1.71 bits per heavy atom. The van der Waals surface area contributed by atoms with Crippen molar-refractivity contribution >= 4 is 27.7 Å². The Labute approximate surface area is 147 Å². The van der Waals surface area contributed by atoms with Crippen LogP contribution in [0.1, 0.15) is 5.56 Å². The van der Waals surface area contributed by atoms with E-state index in [1.807, 2.05) is 54.6 Å². The maximum Gasteiger partial charge on any atom is 0.235 e. The summed E-state index contributed by atoms with van der Waals surface area (Å²) >= 11 is 1.63. The summed E-state index contributed by atoms with van der Waals surface area (Å²) in [7, 11) is -1.98. The summed E-state index contributed by atoms with van der Waals surface area (Å²) in [4.78, 5) is 14.1. The van der Waals surface area contributed by atoms with Gasteiger partial charge in [-0.15, -0.1) is 0 Å². The predicted molar refractivity (Wildman–Crippen MR) is 96.3 cm³/mol. The van der Waals surface area contributed by atoms with Gasteiger partial charge in [-0.2, -0.15) is 4.31 Å². The van der Waals surface area contributed by atoms with Crippen LogP contribution in [0.5, 0.6) is 0 Å². The molecule has 2 aromatic carbocycles. The first kappa shape index (κ1) is 18.5. The fourth-order valence-electron chi connectivity index (χ4n) is 1.93. The van der Waals surface area contributed by atoms with E-state index in [2.05, 4.69) is 5.32 Å². The maximum atomic E-state index is 11.9. The third-order valence-corrected chi connectivity index (χ3v) is 5.74. The summed E-state index contributed by atoms with van der Waals surface area (Å²) in [6, 6.07) is 17.8. The normalized spacial score (nSPS) is 11.5. The van der Waals surface area contributed by atoms with Gasteiger partial charge in [-0.05, 0) is 23.8 Å². The molecule has 7 heteroatoms. The molecule has 2 rings (SSSR count). The minimum atomic E-state index is -3.36. The second kappa shape index (κ2) is 8.32. The maximum absolute atomic E-state index is 11.9. The molecule has 0 aliphatic heterocycles. The molecule has 0 bridgehead atoms. The van der Waals surface area contributed by atoms with Crippen LogP contribution in [-0.2, 0) is 21.4 Å². The number of nitrogens with one attached hydrogen (secondary N) is 1. The van der Waals surface area contributed by atoms with Gasteiger partial charge >= 0.3 is 0 Å². The molecule has 128 valence electrons. The predicted octanol–water partition coefficient (Wildman–Crippen LogP) is 2.35. The van der Waals surface area contributed by atoms with Crippen molar-refractivity contribution in [3.05, 3.63) is 60.2 Å². The number of sulfonamides is 1. The van der Waals surface area contributed by atoms with Gasteiger partial charge < -0.3 is 5.32 Å². The van der Waals surface area contributed by atoms with Crippen LogP contribution in [0.25, 0.3) is 0 Å². The Kier molecular flexibility index (Phi) is 6.42. The quantitative estimate of drug-likeness (QED) is 0.819. The van der Waals surface area contributed by atoms with Gasteiger partial charge in [-0.3, -0.25) is 4.79 Å². The Balaban J connectivity index is 1.99. The third kappa shape index (κ3) is 5.67. The average molecular weight is 364 g/mol. The summed E-state index contributed by atoms with van der Waals surface area (Å²) in [5.41, 5.74) is 0.988. The Bertz CT molecular complexity index is 792. The second-order valence-electron chi connectivity index (χ2n) is 5.32. The zero-order valence-corrected chi connectivity index (χ0v) is 15.2. The highest BCUT2D eigenvalue weighted by Crippen LogP contribution is 2.30. The minimum absolute atomic E-state index is 0.188. The molecule has 5 nitrogen and oxygen atoms in total. The van der Waals surface area contributed by atoms with Crippen molar-refractivity contribution in [3.63, 3.8) is 0 Å². The lowest BCUT2D eigenvalue weighted by Gasteiger charge is -2.14. The molecular formula is C17H20N2O3S2. The molecule has 2 aromatic rings. The first-order valence-corrected chi connectivity index (χ1v) is 10.0. The number of nitrogens with zero attached hydrogens (tertiary/aromatic N) is 1. The number of carbonyl (C=O) groups excluding carboxylic acids is 1. The number of hydrogen-bond acceptors (Lipinski definition) is 4. The molecule has 0 aromatic heterocycles. The van der Waals surface area contributed by atoms with Gasteiger partial charge in [0.25, 0.3) is 0 Å². The average Bonchev–Trinajstić information content (AvgIpc) is 2.54. The van der Waals surface area contributed by atoms with Crippen molar-refractivity contribution < 1.29 is 13.2 Å². The van der Waals surface area contributed by atoms with Crippen LogP contribution < -0.4 is 5.32 Å². The van der Waals surface area contributed by atoms with E-state index in [0.717, 1.165) is 25.9 Å². The lowest BCUT2D eigenvalue weighted by molar-refractivity contribution is -0.121. The molecule has 0 aliphatic rings. The molecule has 0 aliphatic carbocycles. The van der Waals surface area contributed by atoms with E-state index in [4.69, 9.17) is 0 Å². The topological polar surface area (TPSA) is 66.5 Å². The molecule has 1 N–H and O–H groups in total. The largest absolute Gasteiger partial charge is 0.351 e. The van der Waals surface area contributed by atoms with Crippen molar-refractivity contribution in [2.75, 3.05) is 19.8 Å². The highest BCUT2D eigenvalue weighted by molar-refractivity contribution is 7.99. The first-order chi connectivity index (χ1) is 11.4. The van der Waals surface area contributed by atoms with Crippen molar-refractivity contribution in [2.45, 2.75) is 16.3 Å². The Hall–Kier alpha value is -1.83. The van der Waals surface area contributed by atoms with Crippen LogP contribution in [0.3, 0.4) is 0 Å². The summed E-state index contributed by atoms with van der Waals surface area (Å²) in [5, 5.41) is 2.77. The number of rotatable bonds is 7. The molecular weight excluding hydrogens is 344 g/mol. The van der Waals surface area contributed by atoms with Gasteiger partial charge in [0.05, 0.1) is 12.8 Å². The smallest absolute Gasteiger partial charge is 0.235 e. The van der Waals surface area contributed by atoms with Crippen molar-refractivity contribution in [1.82, 2.24) is 9.62 Å². The summed E-state index contributed by atoms with van der Waals surface area (Å²) in [5.74, 6) is -0.331. The summed E-state index contributed by atoms with van der Waals surface area (Å²) in [6.07, 6.45) is 1.08. The Morgan fingerprint density at radius 3 is 2.38 bits per heavy atom. The third-order valence-electron chi connectivity index (χ3n) is 3.35. The SMILES string of the molecule is CN(CC(=O)NCc1ccccc1Sc1ccccc1)S(C)(=O)=O. The van der Waals surface area contributed by atoms with E-state index < -0.39 is 10.0 Å². The number of carbonyl (C=O) groups is 1. The van der Waals surface area contributed by atoms with Crippen molar-refractivity contribution in [1.29, 1.82) is 0 Å². The van der Waals surface area contributed by atoms with E-state index >= 15 is 0 Å². The van der Waals surface area contributed by atoms with Crippen LogP contribution in [-0.4, -0.2) is 38.5 Å². The number of hydrogen-bond donors (Lipinski definition) is 1. The minimum Gasteiger partial charge on any atom is -0.351 e. The zero-order chi connectivity index (χ0) is 17.6. The molecule has 0 spiro atoms. The fourth-order valence-corrected chi connectivity index (χ4v) is 3.25. The molecule has 0 saturated carbocycles. The first-order valence-electron chi connectivity index (χ1n) is 7.35. The standard InChI is InChI=1S/C17H20N2O3S2/c1-19(24(2,21)22)13-17(20)18-12-14-8-6-7-11-16(14)23-15-9-4-3-5-10-15/h3-11H,12-13H2,1-2H3,(H,18,20). The molecule has 0 saturated heterocycles. The zero-order valence-electron chi connectivity index (χ0n) is 13.6. The monoisotopic (exact) mass is 364 g/mol. The summed E-state index contributed by atoms with van der Waals surface area (Å²) < 4.78 is 23.7. The Morgan fingerprint density at radius 1 is 1.08 bits per heavy atom. The molecule has 1 amide bonds. The van der Waals surface area contributed by atoms with E-state index in [1.54, 1.807) is 11.8 Å². The van der Waals surface area contributed by atoms with E-state index in [0.29, 0.717) is 6.54 Å². The number of likely N-dealkylation sites (N-methyl/N-ethyl adjacent to an activating group) is 1. The van der Waals surface area contributed by atoms with Crippen LogP contribution in [0.15, 0.2) is 64.4 Å². The highest BCUT2D eigenvalue weighted by atomic mass is 32.2. The van der Waals surface area contributed by atoms with Gasteiger partial charge in [0.2, 0.25) is 15.9 Å². The highest BCUT2D eigenvalue weighted by Gasteiger charge is 2.15. The number of amides is 1.